The molecule has 0 spiro atoms. The summed E-state index contributed by atoms with van der Waals surface area (Å²) in [5.41, 5.74) is 5.52. The van der Waals surface area contributed by atoms with E-state index in [1.807, 2.05) is 0 Å². The molecule has 5 heteroatoms. The van der Waals surface area contributed by atoms with Crippen LogP contribution in [0.15, 0.2) is 0 Å². The number of alkyl halides is 2. The minimum atomic E-state index is -2.89. The quantitative estimate of drug-likeness (QED) is 0.623. The molecule has 0 aromatic rings. The van der Waals surface area contributed by atoms with Crippen LogP contribution in [0.5, 0.6) is 0 Å². The maximum atomic E-state index is 11.9. The molecule has 0 saturated carbocycles. The lowest BCUT2D eigenvalue weighted by atomic mass is 10.1. The third kappa shape index (κ3) is 2.14. The summed E-state index contributed by atoms with van der Waals surface area (Å²) >= 11 is 0. The van der Waals surface area contributed by atoms with Gasteiger partial charge in [0.15, 0.2) is 0 Å². The zero-order chi connectivity index (χ0) is 9.14. The van der Waals surface area contributed by atoms with Gasteiger partial charge in [0.25, 0.3) is 5.91 Å². The average molecular weight is 178 g/mol. The van der Waals surface area contributed by atoms with Gasteiger partial charge >= 0.3 is 6.43 Å². The fourth-order valence-corrected chi connectivity index (χ4v) is 1.35. The summed E-state index contributed by atoms with van der Waals surface area (Å²) in [6, 6.07) is -0.138. The van der Waals surface area contributed by atoms with Crippen LogP contribution >= 0.6 is 0 Å². The molecule has 0 radical (unpaired) electrons. The van der Waals surface area contributed by atoms with E-state index in [0.29, 0.717) is 6.54 Å². The van der Waals surface area contributed by atoms with Crippen LogP contribution in [0.3, 0.4) is 0 Å². The van der Waals surface area contributed by atoms with Crippen molar-refractivity contribution in [3.8, 4) is 0 Å². The van der Waals surface area contributed by atoms with Gasteiger partial charge in [-0.3, -0.25) is 4.79 Å². The minimum absolute atomic E-state index is 0.138. The first kappa shape index (κ1) is 9.38. The molecule has 1 amide bonds. The van der Waals surface area contributed by atoms with Crippen molar-refractivity contribution in [3.63, 3.8) is 0 Å². The molecule has 3 nitrogen and oxygen atoms in total. The normalized spacial score (nSPS) is 24.7. The summed E-state index contributed by atoms with van der Waals surface area (Å²) in [5.74, 6) is -1.09. The van der Waals surface area contributed by atoms with Gasteiger partial charge in [-0.25, -0.2) is 0 Å². The second kappa shape index (κ2) is 3.80. The highest BCUT2D eigenvalue weighted by molar-refractivity contribution is 5.79. The predicted molar refractivity (Wildman–Crippen MR) is 39.8 cm³/mol. The molecule has 1 atom stereocenters. The van der Waals surface area contributed by atoms with Crippen molar-refractivity contribution in [2.45, 2.75) is 25.3 Å². The highest BCUT2D eigenvalue weighted by Gasteiger charge is 2.26. The van der Waals surface area contributed by atoms with Crippen molar-refractivity contribution in [2.75, 3.05) is 13.1 Å². The van der Waals surface area contributed by atoms with E-state index in [4.69, 9.17) is 5.73 Å². The first-order valence-electron chi connectivity index (χ1n) is 3.94. The van der Waals surface area contributed by atoms with Gasteiger partial charge in [-0.15, -0.1) is 0 Å². The number of likely N-dealkylation sites (tertiary alicyclic amines) is 1. The minimum Gasteiger partial charge on any atom is -0.336 e. The Bertz CT molecular complexity index is 175. The molecule has 12 heavy (non-hydrogen) atoms. The first-order valence-corrected chi connectivity index (χ1v) is 3.94. The van der Waals surface area contributed by atoms with Crippen molar-refractivity contribution >= 4 is 5.91 Å². The van der Waals surface area contributed by atoms with Crippen LogP contribution < -0.4 is 5.73 Å². The number of hydrogen-bond donors (Lipinski definition) is 1. The molecule has 0 aliphatic carbocycles. The molecule has 0 aromatic heterocycles. The number of piperidine rings is 1. The predicted octanol–water partition coefficient (Wildman–Crippen LogP) is 0.201. The molecule has 1 aliphatic rings. The van der Waals surface area contributed by atoms with E-state index in [9.17, 15) is 13.6 Å². The van der Waals surface area contributed by atoms with Crippen molar-refractivity contribution in [2.24, 2.45) is 5.73 Å². The number of rotatable bonds is 1. The van der Waals surface area contributed by atoms with Gasteiger partial charge in [-0.1, -0.05) is 0 Å². The van der Waals surface area contributed by atoms with Gasteiger partial charge in [0, 0.05) is 19.1 Å². The molecular weight excluding hydrogens is 166 g/mol. The molecule has 1 fully saturated rings. The maximum absolute atomic E-state index is 11.9. The van der Waals surface area contributed by atoms with E-state index >= 15 is 0 Å². The third-order valence-corrected chi connectivity index (χ3v) is 1.96. The van der Waals surface area contributed by atoms with Gasteiger partial charge < -0.3 is 10.6 Å². The number of halogens is 2. The van der Waals surface area contributed by atoms with Crippen molar-refractivity contribution in [3.05, 3.63) is 0 Å². The molecule has 0 unspecified atom stereocenters. The number of carbonyl (C=O) groups is 1. The summed E-state index contributed by atoms with van der Waals surface area (Å²) in [7, 11) is 0. The molecule has 1 heterocycles. The van der Waals surface area contributed by atoms with Crippen LogP contribution in [0.25, 0.3) is 0 Å². The molecule has 1 rings (SSSR count). The largest absolute Gasteiger partial charge is 0.336 e. The lowest BCUT2D eigenvalue weighted by molar-refractivity contribution is -0.144. The highest BCUT2D eigenvalue weighted by Crippen LogP contribution is 2.10. The van der Waals surface area contributed by atoms with E-state index in [0.717, 1.165) is 17.7 Å². The van der Waals surface area contributed by atoms with Crippen LogP contribution in [0.1, 0.15) is 12.8 Å². The lowest BCUT2D eigenvalue weighted by Gasteiger charge is -2.30. The Balaban J connectivity index is 2.46. The van der Waals surface area contributed by atoms with Crippen LogP contribution in [0.2, 0.25) is 0 Å². The van der Waals surface area contributed by atoms with Crippen molar-refractivity contribution in [1.29, 1.82) is 0 Å². The summed E-state index contributed by atoms with van der Waals surface area (Å²) in [6.45, 7) is 0.681. The summed E-state index contributed by atoms with van der Waals surface area (Å²) in [4.78, 5) is 11.9. The lowest BCUT2D eigenvalue weighted by Crippen LogP contribution is -2.47. The smallest absolute Gasteiger partial charge is 0.315 e. The first-order chi connectivity index (χ1) is 5.61. The summed E-state index contributed by atoms with van der Waals surface area (Å²) in [6.07, 6.45) is -1.36. The summed E-state index contributed by atoms with van der Waals surface area (Å²) < 4.78 is 23.8. The van der Waals surface area contributed by atoms with Crippen molar-refractivity contribution < 1.29 is 13.6 Å². The zero-order valence-electron chi connectivity index (χ0n) is 6.67. The molecule has 1 saturated heterocycles. The van der Waals surface area contributed by atoms with Gasteiger partial charge in [-0.2, -0.15) is 8.78 Å². The topological polar surface area (TPSA) is 46.3 Å². The van der Waals surface area contributed by atoms with Crippen LogP contribution in [-0.2, 0) is 4.79 Å². The number of nitrogens with zero attached hydrogens (tertiary/aromatic N) is 1. The zero-order valence-corrected chi connectivity index (χ0v) is 6.67. The molecule has 70 valence electrons. The molecular formula is C7H12F2N2O. The Morgan fingerprint density at radius 3 is 2.75 bits per heavy atom. The van der Waals surface area contributed by atoms with E-state index < -0.39 is 12.3 Å². The van der Waals surface area contributed by atoms with E-state index in [-0.39, 0.29) is 12.6 Å². The SMILES string of the molecule is N[C@@H]1CCCN(C(=O)C(F)F)C1. The van der Waals surface area contributed by atoms with Gasteiger partial charge in [0.2, 0.25) is 0 Å². The Hall–Kier alpha value is -0.710. The van der Waals surface area contributed by atoms with Gasteiger partial charge in [0.05, 0.1) is 0 Å². The number of nitrogens with two attached hydrogens (primary N) is 1. The van der Waals surface area contributed by atoms with Crippen molar-refractivity contribution in [1.82, 2.24) is 4.90 Å². The second-order valence-corrected chi connectivity index (χ2v) is 2.99. The monoisotopic (exact) mass is 178 g/mol. The maximum Gasteiger partial charge on any atom is 0.315 e. The third-order valence-electron chi connectivity index (χ3n) is 1.96. The second-order valence-electron chi connectivity index (χ2n) is 2.99. The Labute approximate surface area is 69.5 Å². The van der Waals surface area contributed by atoms with Crippen LogP contribution in [-0.4, -0.2) is 36.4 Å². The Kier molecular flexibility index (Phi) is 2.97. The van der Waals surface area contributed by atoms with E-state index in [2.05, 4.69) is 0 Å². The Morgan fingerprint density at radius 1 is 1.58 bits per heavy atom. The van der Waals surface area contributed by atoms with E-state index in [1.165, 1.54) is 0 Å². The molecule has 1 aliphatic heterocycles. The Morgan fingerprint density at radius 2 is 2.25 bits per heavy atom. The average Bonchev–Trinajstić information content (AvgIpc) is 2.03. The number of hydrogen-bond acceptors (Lipinski definition) is 2. The number of carbonyl (C=O) groups excluding carboxylic acids is 1. The van der Waals surface area contributed by atoms with Gasteiger partial charge in [-0.05, 0) is 12.8 Å². The fourth-order valence-electron chi connectivity index (χ4n) is 1.35. The van der Waals surface area contributed by atoms with Crippen LogP contribution in [0, 0.1) is 0 Å². The highest BCUT2D eigenvalue weighted by atomic mass is 19.3. The molecule has 0 bridgehead atoms. The fraction of sp³-hybridized carbons (Fsp3) is 0.857. The van der Waals surface area contributed by atoms with E-state index in [1.54, 1.807) is 0 Å². The van der Waals surface area contributed by atoms with Crippen LogP contribution in [0.4, 0.5) is 8.78 Å². The molecule has 2 N–H and O–H groups in total. The van der Waals surface area contributed by atoms with Gasteiger partial charge in [0.1, 0.15) is 0 Å². The summed E-state index contributed by atoms with van der Waals surface area (Å²) in [5, 5.41) is 0. The standard InChI is InChI=1S/C7H12F2N2O/c8-6(9)7(12)11-3-1-2-5(10)4-11/h5-6H,1-4,10H2/t5-/m1/s1. The number of amides is 1. The molecule has 0 aromatic carbocycles.